The number of aromatic amines is 1. The molecule has 0 radical (unpaired) electrons. The molecule has 154 valence electrons. The number of methoxy groups -OCH3 is 2. The Labute approximate surface area is 166 Å². The lowest BCUT2D eigenvalue weighted by Gasteiger charge is -2.35. The molecule has 1 saturated carbocycles. The van der Waals surface area contributed by atoms with E-state index in [1.807, 2.05) is 19.1 Å². The number of fused-ring (bicyclic) bond motifs is 1. The Balaban J connectivity index is 1.54. The Kier molecular flexibility index (Phi) is 6.67. The van der Waals surface area contributed by atoms with Crippen LogP contribution in [0.25, 0.3) is 10.9 Å². The van der Waals surface area contributed by atoms with E-state index >= 15 is 0 Å². The van der Waals surface area contributed by atoms with Gasteiger partial charge < -0.3 is 30.2 Å². The fourth-order valence-electron chi connectivity index (χ4n) is 3.45. The maximum atomic E-state index is 10.2. The van der Waals surface area contributed by atoms with Crippen molar-refractivity contribution in [3.05, 3.63) is 23.9 Å². The minimum atomic E-state index is -0.590. The molecule has 0 aliphatic heterocycles. The average molecular weight is 389 g/mol. The predicted molar refractivity (Wildman–Crippen MR) is 113 cm³/mol. The number of aliphatic hydroxyl groups is 1. The molecule has 0 bridgehead atoms. The van der Waals surface area contributed by atoms with Crippen LogP contribution in [0.3, 0.4) is 0 Å². The number of ether oxygens (including phenoxy) is 2. The highest BCUT2D eigenvalue weighted by atomic mass is 16.5. The second kappa shape index (κ2) is 9.19. The fourth-order valence-corrected chi connectivity index (χ4v) is 3.45. The third-order valence-corrected chi connectivity index (χ3v) is 5.26. The van der Waals surface area contributed by atoms with Gasteiger partial charge in [-0.2, -0.15) is 0 Å². The topological polar surface area (TPSA) is 90.9 Å². The quantitative estimate of drug-likeness (QED) is 0.301. The molecule has 3 rings (SSSR count). The number of aliphatic imine (C=N–C) groups is 1. The molecule has 1 fully saturated rings. The smallest absolute Gasteiger partial charge is 0.191 e. The van der Waals surface area contributed by atoms with E-state index in [-0.39, 0.29) is 0 Å². The first-order valence-electron chi connectivity index (χ1n) is 10.0. The molecular formula is C21H32N4O3. The third kappa shape index (κ3) is 4.90. The van der Waals surface area contributed by atoms with E-state index in [1.165, 1.54) is 0 Å². The van der Waals surface area contributed by atoms with Gasteiger partial charge in [0.15, 0.2) is 5.96 Å². The molecule has 1 aliphatic rings. The molecule has 2 aromatic rings. The van der Waals surface area contributed by atoms with Gasteiger partial charge in [-0.25, -0.2) is 0 Å². The molecule has 28 heavy (non-hydrogen) atoms. The number of nitrogens with zero attached hydrogens (tertiary/aromatic N) is 1. The van der Waals surface area contributed by atoms with Crippen LogP contribution in [0, 0.1) is 0 Å². The summed E-state index contributed by atoms with van der Waals surface area (Å²) in [5.41, 5.74) is 1.59. The summed E-state index contributed by atoms with van der Waals surface area (Å²) in [6.07, 6.45) is 4.67. The first kappa shape index (κ1) is 20.3. The molecular weight excluding hydrogens is 356 g/mol. The van der Waals surface area contributed by atoms with Crippen molar-refractivity contribution in [1.29, 1.82) is 0 Å². The van der Waals surface area contributed by atoms with E-state index in [4.69, 9.17) is 9.47 Å². The average Bonchev–Trinajstić information content (AvgIpc) is 3.09. The molecule has 1 aliphatic carbocycles. The normalized spacial score (nSPS) is 15.9. The van der Waals surface area contributed by atoms with E-state index in [0.29, 0.717) is 6.54 Å². The summed E-state index contributed by atoms with van der Waals surface area (Å²) in [5.74, 6) is 2.36. The van der Waals surface area contributed by atoms with Crippen LogP contribution < -0.4 is 20.1 Å². The molecule has 1 heterocycles. The predicted octanol–water partition coefficient (Wildman–Crippen LogP) is 2.59. The highest BCUT2D eigenvalue weighted by molar-refractivity contribution is 5.88. The summed E-state index contributed by atoms with van der Waals surface area (Å²) in [4.78, 5) is 7.99. The van der Waals surface area contributed by atoms with Gasteiger partial charge in [0.05, 0.1) is 31.9 Å². The Hall–Kier alpha value is -2.41. The standard InChI is InChI=1S/C21H32N4O3/c1-4-22-20(24-14-21(26)8-6-9-21)23-10-5-7-15-11-17-18(25-15)12-16(27-2)13-19(17)28-3/h11-13,25-26H,4-10,14H2,1-3H3,(H2,22,23,24). The molecule has 4 N–H and O–H groups in total. The Morgan fingerprint density at radius 2 is 2.04 bits per heavy atom. The number of benzene rings is 1. The zero-order chi connectivity index (χ0) is 20.0. The summed E-state index contributed by atoms with van der Waals surface area (Å²) in [6.45, 7) is 4.11. The summed E-state index contributed by atoms with van der Waals surface area (Å²) in [6, 6.07) is 6.02. The van der Waals surface area contributed by atoms with E-state index in [1.54, 1.807) is 14.2 Å². The largest absolute Gasteiger partial charge is 0.497 e. The molecule has 1 aromatic carbocycles. The first-order chi connectivity index (χ1) is 13.6. The van der Waals surface area contributed by atoms with Crippen molar-refractivity contribution in [2.24, 2.45) is 4.99 Å². The number of H-pyrrole nitrogens is 1. The van der Waals surface area contributed by atoms with E-state index < -0.39 is 5.60 Å². The number of guanidine groups is 1. The molecule has 7 nitrogen and oxygen atoms in total. The van der Waals surface area contributed by atoms with Gasteiger partial charge in [0.1, 0.15) is 11.5 Å². The van der Waals surface area contributed by atoms with Crippen LogP contribution in [0.4, 0.5) is 0 Å². The van der Waals surface area contributed by atoms with Crippen LogP contribution in [0.1, 0.15) is 38.3 Å². The number of rotatable bonds is 9. The van der Waals surface area contributed by atoms with E-state index in [2.05, 4.69) is 26.7 Å². The van der Waals surface area contributed by atoms with Crippen molar-refractivity contribution in [2.75, 3.05) is 33.9 Å². The molecule has 0 atom stereocenters. The van der Waals surface area contributed by atoms with Crippen molar-refractivity contribution >= 4 is 16.9 Å². The molecule has 0 saturated heterocycles. The summed E-state index contributed by atoms with van der Waals surface area (Å²) in [5, 5.41) is 17.9. The van der Waals surface area contributed by atoms with Gasteiger partial charge in [-0.3, -0.25) is 4.99 Å². The van der Waals surface area contributed by atoms with E-state index in [0.717, 1.165) is 79.2 Å². The maximum Gasteiger partial charge on any atom is 0.191 e. The number of hydrogen-bond acceptors (Lipinski definition) is 4. The summed E-state index contributed by atoms with van der Waals surface area (Å²) in [7, 11) is 3.33. The fraction of sp³-hybridized carbons (Fsp3) is 0.571. The highest BCUT2D eigenvalue weighted by Gasteiger charge is 2.34. The minimum absolute atomic E-state index is 0.464. The lowest BCUT2D eigenvalue weighted by Crippen LogP contribution is -2.43. The number of aryl methyl sites for hydroxylation is 1. The van der Waals surface area contributed by atoms with Crippen LogP contribution in [0.2, 0.25) is 0 Å². The Morgan fingerprint density at radius 1 is 1.21 bits per heavy atom. The van der Waals surface area contributed by atoms with Gasteiger partial charge in [0, 0.05) is 36.3 Å². The number of aromatic nitrogens is 1. The lowest BCUT2D eigenvalue weighted by molar-refractivity contribution is -0.0236. The molecule has 0 amide bonds. The first-order valence-corrected chi connectivity index (χ1v) is 10.0. The zero-order valence-electron chi connectivity index (χ0n) is 17.1. The van der Waals surface area contributed by atoms with Gasteiger partial charge in [-0.1, -0.05) is 0 Å². The van der Waals surface area contributed by atoms with Gasteiger partial charge in [-0.15, -0.1) is 0 Å². The van der Waals surface area contributed by atoms with Crippen molar-refractivity contribution in [3.63, 3.8) is 0 Å². The minimum Gasteiger partial charge on any atom is -0.497 e. The summed E-state index contributed by atoms with van der Waals surface area (Å²) >= 11 is 0. The Bertz CT molecular complexity index is 811. The highest BCUT2D eigenvalue weighted by Crippen LogP contribution is 2.32. The maximum absolute atomic E-state index is 10.2. The lowest BCUT2D eigenvalue weighted by atomic mass is 9.80. The molecule has 1 aromatic heterocycles. The number of hydrogen-bond donors (Lipinski definition) is 4. The SMILES string of the molecule is CCNC(=NCC1(O)CCC1)NCCCc1cc2c(OC)cc(OC)cc2[nH]1. The molecule has 7 heteroatoms. The summed E-state index contributed by atoms with van der Waals surface area (Å²) < 4.78 is 10.8. The monoisotopic (exact) mass is 388 g/mol. The van der Waals surface area contributed by atoms with Crippen LogP contribution in [0.15, 0.2) is 23.2 Å². The second-order valence-corrected chi connectivity index (χ2v) is 7.39. The van der Waals surface area contributed by atoms with Crippen molar-refractivity contribution < 1.29 is 14.6 Å². The molecule has 0 spiro atoms. The van der Waals surface area contributed by atoms with Crippen LogP contribution >= 0.6 is 0 Å². The molecule has 0 unspecified atom stereocenters. The second-order valence-electron chi connectivity index (χ2n) is 7.39. The zero-order valence-corrected chi connectivity index (χ0v) is 17.1. The van der Waals surface area contributed by atoms with Crippen molar-refractivity contribution in [3.8, 4) is 11.5 Å². The third-order valence-electron chi connectivity index (χ3n) is 5.26. The van der Waals surface area contributed by atoms with Gasteiger partial charge in [0.25, 0.3) is 0 Å². The van der Waals surface area contributed by atoms with E-state index in [9.17, 15) is 5.11 Å². The number of nitrogens with one attached hydrogen (secondary N) is 3. The van der Waals surface area contributed by atoms with Crippen molar-refractivity contribution in [1.82, 2.24) is 15.6 Å². The van der Waals surface area contributed by atoms with Gasteiger partial charge in [-0.05, 0) is 45.1 Å². The van der Waals surface area contributed by atoms with Gasteiger partial charge >= 0.3 is 0 Å². The van der Waals surface area contributed by atoms with Gasteiger partial charge in [0.2, 0.25) is 0 Å². The van der Waals surface area contributed by atoms with Crippen LogP contribution in [0.5, 0.6) is 11.5 Å². The Morgan fingerprint density at radius 3 is 2.68 bits per heavy atom. The van der Waals surface area contributed by atoms with Crippen molar-refractivity contribution in [2.45, 2.75) is 44.6 Å². The van der Waals surface area contributed by atoms with Crippen LogP contribution in [-0.4, -0.2) is 55.5 Å². The van der Waals surface area contributed by atoms with Crippen LogP contribution in [-0.2, 0) is 6.42 Å².